The fraction of sp³-hybridized carbons (Fsp3) is 0.692. The van der Waals surface area contributed by atoms with E-state index in [2.05, 4.69) is 19.9 Å². The summed E-state index contributed by atoms with van der Waals surface area (Å²) in [4.78, 5) is 28.4. The van der Waals surface area contributed by atoms with Crippen LogP contribution < -0.4 is 21.3 Å². The number of hydrogen-bond acceptors (Lipinski definition) is 7. The number of nitrogens with zero attached hydrogens (tertiary/aromatic N) is 5. The molecule has 1 unspecified atom stereocenters. The molecule has 0 saturated carbocycles. The highest BCUT2D eigenvalue weighted by molar-refractivity contribution is 5.83. The van der Waals surface area contributed by atoms with E-state index in [9.17, 15) is 4.79 Å². The summed E-state index contributed by atoms with van der Waals surface area (Å²) in [7, 11) is 0. The lowest BCUT2D eigenvalue weighted by atomic mass is 10.1. The van der Waals surface area contributed by atoms with Gasteiger partial charge in [-0.15, -0.1) is 0 Å². The number of nitrogen functional groups attached to an aromatic ring is 1. The summed E-state index contributed by atoms with van der Waals surface area (Å²) in [5.74, 6) is 0.915. The molecular formula is C13H21N7O. The zero-order valence-electron chi connectivity index (χ0n) is 12.0. The molecule has 2 fully saturated rings. The van der Waals surface area contributed by atoms with Gasteiger partial charge in [-0.2, -0.15) is 15.0 Å². The van der Waals surface area contributed by atoms with E-state index in [1.165, 1.54) is 6.42 Å². The van der Waals surface area contributed by atoms with Crippen LogP contribution in [0.5, 0.6) is 0 Å². The van der Waals surface area contributed by atoms with Crippen LogP contribution in [0, 0.1) is 0 Å². The minimum Gasteiger partial charge on any atom is -0.368 e. The summed E-state index contributed by atoms with van der Waals surface area (Å²) >= 11 is 0. The molecule has 8 nitrogen and oxygen atoms in total. The van der Waals surface area contributed by atoms with Crippen molar-refractivity contribution in [2.24, 2.45) is 5.73 Å². The molecule has 2 saturated heterocycles. The Morgan fingerprint density at radius 3 is 2.43 bits per heavy atom. The molecule has 1 aromatic rings. The highest BCUT2D eigenvalue weighted by atomic mass is 16.1. The van der Waals surface area contributed by atoms with E-state index in [0.717, 1.165) is 45.3 Å². The van der Waals surface area contributed by atoms with Crippen molar-refractivity contribution in [1.82, 2.24) is 15.0 Å². The minimum absolute atomic E-state index is 0.190. The van der Waals surface area contributed by atoms with Gasteiger partial charge in [-0.3, -0.25) is 4.79 Å². The van der Waals surface area contributed by atoms with Gasteiger partial charge in [0.15, 0.2) is 0 Å². The van der Waals surface area contributed by atoms with Gasteiger partial charge >= 0.3 is 0 Å². The van der Waals surface area contributed by atoms with Gasteiger partial charge in [0.1, 0.15) is 6.04 Å². The lowest BCUT2D eigenvalue weighted by Gasteiger charge is -2.28. The number of piperidine rings is 1. The van der Waals surface area contributed by atoms with E-state index < -0.39 is 0 Å². The van der Waals surface area contributed by atoms with Crippen LogP contribution in [0.25, 0.3) is 0 Å². The van der Waals surface area contributed by atoms with Gasteiger partial charge < -0.3 is 21.3 Å². The fourth-order valence-electron chi connectivity index (χ4n) is 3.04. The minimum atomic E-state index is -0.346. The maximum Gasteiger partial charge on any atom is 0.240 e. The molecule has 0 aromatic carbocycles. The molecule has 1 atom stereocenters. The topological polar surface area (TPSA) is 114 Å². The molecule has 2 aliphatic heterocycles. The number of carbonyl (C=O) groups excluding carboxylic acids is 1. The molecule has 3 heterocycles. The Labute approximate surface area is 123 Å². The summed E-state index contributed by atoms with van der Waals surface area (Å²) in [6.45, 7) is 2.58. The van der Waals surface area contributed by atoms with Crippen molar-refractivity contribution in [2.45, 2.75) is 38.1 Å². The molecule has 2 aliphatic rings. The van der Waals surface area contributed by atoms with E-state index in [0.29, 0.717) is 11.9 Å². The van der Waals surface area contributed by atoms with Crippen molar-refractivity contribution in [3.05, 3.63) is 0 Å². The highest BCUT2D eigenvalue weighted by Crippen LogP contribution is 2.25. The number of aromatic nitrogens is 3. The predicted octanol–water partition coefficient (Wildman–Crippen LogP) is -0.102. The average Bonchev–Trinajstić information content (AvgIpc) is 2.97. The van der Waals surface area contributed by atoms with E-state index in [1.807, 2.05) is 4.90 Å². The molecule has 0 spiro atoms. The second-order valence-corrected chi connectivity index (χ2v) is 5.60. The Balaban J connectivity index is 1.88. The molecule has 1 amide bonds. The fourth-order valence-corrected chi connectivity index (χ4v) is 3.04. The quantitative estimate of drug-likeness (QED) is 0.799. The number of amides is 1. The Bertz CT molecular complexity index is 529. The van der Waals surface area contributed by atoms with Gasteiger partial charge in [-0.1, -0.05) is 0 Å². The maximum absolute atomic E-state index is 11.5. The third-order valence-corrected chi connectivity index (χ3v) is 4.11. The summed E-state index contributed by atoms with van der Waals surface area (Å²) in [5, 5.41) is 0. The first-order valence-corrected chi connectivity index (χ1v) is 7.47. The Kier molecular flexibility index (Phi) is 3.76. The van der Waals surface area contributed by atoms with Gasteiger partial charge in [0.25, 0.3) is 0 Å². The molecule has 3 rings (SSSR count). The molecular weight excluding hydrogens is 270 g/mol. The highest BCUT2D eigenvalue weighted by Gasteiger charge is 2.31. The zero-order valence-corrected chi connectivity index (χ0v) is 12.0. The first-order chi connectivity index (χ1) is 10.1. The Morgan fingerprint density at radius 2 is 1.71 bits per heavy atom. The van der Waals surface area contributed by atoms with E-state index in [4.69, 9.17) is 11.5 Å². The molecule has 1 aromatic heterocycles. The van der Waals surface area contributed by atoms with Crippen LogP contribution >= 0.6 is 0 Å². The smallest absolute Gasteiger partial charge is 0.240 e. The Morgan fingerprint density at radius 1 is 1.00 bits per heavy atom. The van der Waals surface area contributed by atoms with Crippen LogP contribution in [0.3, 0.4) is 0 Å². The van der Waals surface area contributed by atoms with Crippen LogP contribution in [0.1, 0.15) is 32.1 Å². The van der Waals surface area contributed by atoms with Crippen molar-refractivity contribution >= 4 is 23.8 Å². The van der Waals surface area contributed by atoms with Crippen LogP contribution in [0.2, 0.25) is 0 Å². The number of nitrogens with two attached hydrogens (primary N) is 2. The second kappa shape index (κ2) is 5.71. The third kappa shape index (κ3) is 2.84. The molecule has 114 valence electrons. The van der Waals surface area contributed by atoms with Crippen molar-refractivity contribution in [2.75, 3.05) is 35.2 Å². The number of carbonyl (C=O) groups is 1. The standard InChI is InChI=1S/C13H21N7O/c14-10(21)9-5-4-8-20(9)13-17-11(15)16-12(18-13)19-6-2-1-3-7-19/h9H,1-8H2,(H2,14,21)(H2,15,16,17,18). The van der Waals surface area contributed by atoms with E-state index in [-0.39, 0.29) is 17.9 Å². The van der Waals surface area contributed by atoms with Crippen LogP contribution in [-0.2, 0) is 4.79 Å². The summed E-state index contributed by atoms with van der Waals surface area (Å²) < 4.78 is 0. The normalized spacial score (nSPS) is 22.6. The lowest BCUT2D eigenvalue weighted by Crippen LogP contribution is -2.41. The van der Waals surface area contributed by atoms with Gasteiger partial charge in [-0.25, -0.2) is 0 Å². The molecule has 4 N–H and O–H groups in total. The first kappa shape index (κ1) is 13.8. The molecule has 8 heteroatoms. The SMILES string of the molecule is NC(=O)C1CCCN1c1nc(N)nc(N2CCCCC2)n1. The lowest BCUT2D eigenvalue weighted by molar-refractivity contribution is -0.119. The molecule has 21 heavy (non-hydrogen) atoms. The van der Waals surface area contributed by atoms with Gasteiger partial charge in [0.2, 0.25) is 23.8 Å². The summed E-state index contributed by atoms with van der Waals surface area (Å²) in [6.07, 6.45) is 5.14. The van der Waals surface area contributed by atoms with Crippen molar-refractivity contribution in [3.63, 3.8) is 0 Å². The number of hydrogen-bond donors (Lipinski definition) is 2. The molecule has 0 radical (unpaired) electrons. The zero-order chi connectivity index (χ0) is 14.8. The molecule has 0 aliphatic carbocycles. The van der Waals surface area contributed by atoms with Crippen LogP contribution in [0.4, 0.5) is 17.8 Å². The van der Waals surface area contributed by atoms with Crippen molar-refractivity contribution < 1.29 is 4.79 Å². The molecule has 0 bridgehead atoms. The van der Waals surface area contributed by atoms with Gasteiger partial charge in [-0.05, 0) is 32.1 Å². The third-order valence-electron chi connectivity index (χ3n) is 4.11. The number of anilines is 3. The predicted molar refractivity (Wildman–Crippen MR) is 79.9 cm³/mol. The first-order valence-electron chi connectivity index (χ1n) is 7.47. The van der Waals surface area contributed by atoms with Gasteiger partial charge in [0, 0.05) is 19.6 Å². The monoisotopic (exact) mass is 291 g/mol. The van der Waals surface area contributed by atoms with E-state index >= 15 is 0 Å². The maximum atomic E-state index is 11.5. The van der Waals surface area contributed by atoms with E-state index in [1.54, 1.807) is 0 Å². The van der Waals surface area contributed by atoms with Crippen molar-refractivity contribution in [1.29, 1.82) is 0 Å². The number of primary amides is 1. The van der Waals surface area contributed by atoms with Crippen LogP contribution in [0.15, 0.2) is 0 Å². The second-order valence-electron chi connectivity index (χ2n) is 5.60. The average molecular weight is 291 g/mol. The largest absolute Gasteiger partial charge is 0.368 e. The van der Waals surface area contributed by atoms with Crippen molar-refractivity contribution in [3.8, 4) is 0 Å². The Hall–Kier alpha value is -2.12. The number of rotatable bonds is 3. The summed E-state index contributed by atoms with van der Waals surface area (Å²) in [6, 6.07) is -0.346. The van der Waals surface area contributed by atoms with Crippen LogP contribution in [-0.4, -0.2) is 46.5 Å². The van der Waals surface area contributed by atoms with Gasteiger partial charge in [0.05, 0.1) is 0 Å². The summed E-state index contributed by atoms with van der Waals surface area (Å²) in [5.41, 5.74) is 11.3.